The number of nitrogens with one attached hydrogen (secondary N) is 3. The number of amides is 2. The summed E-state index contributed by atoms with van der Waals surface area (Å²) in [7, 11) is 0. The van der Waals surface area contributed by atoms with Crippen LogP contribution < -0.4 is 10.6 Å². The summed E-state index contributed by atoms with van der Waals surface area (Å²) in [5.41, 5.74) is 3.91. The summed E-state index contributed by atoms with van der Waals surface area (Å²) < 4.78 is 0. The van der Waals surface area contributed by atoms with Crippen LogP contribution in [0.3, 0.4) is 0 Å². The second kappa shape index (κ2) is 6.09. The highest BCUT2D eigenvalue weighted by molar-refractivity contribution is 6.35. The Morgan fingerprint density at radius 3 is 2.68 bits per heavy atom. The first kappa shape index (κ1) is 14.9. The zero-order chi connectivity index (χ0) is 17.2. The van der Waals surface area contributed by atoms with Gasteiger partial charge in [0, 0.05) is 28.7 Å². The highest BCUT2D eigenvalue weighted by Gasteiger charge is 2.24. The molecule has 122 valence electrons. The Labute approximate surface area is 143 Å². The van der Waals surface area contributed by atoms with Gasteiger partial charge in [0.15, 0.2) is 0 Å². The van der Waals surface area contributed by atoms with Gasteiger partial charge in [0.05, 0.1) is 11.3 Å². The number of H-pyrrole nitrogens is 1. The predicted octanol–water partition coefficient (Wildman–Crippen LogP) is 3.15. The molecule has 6 nitrogen and oxygen atoms in total. The SMILES string of the molecule is O=C1Nc2ccc(NC(=O)c3ccccc3)cc2/C1=C/c1ccn[nH]1. The number of benzene rings is 2. The minimum Gasteiger partial charge on any atom is -0.322 e. The third-order valence-electron chi connectivity index (χ3n) is 3.92. The molecular weight excluding hydrogens is 316 g/mol. The molecule has 25 heavy (non-hydrogen) atoms. The van der Waals surface area contributed by atoms with Crippen molar-refractivity contribution in [2.24, 2.45) is 0 Å². The van der Waals surface area contributed by atoms with E-state index in [4.69, 9.17) is 0 Å². The van der Waals surface area contributed by atoms with Gasteiger partial charge in [-0.15, -0.1) is 0 Å². The molecule has 1 aliphatic rings. The van der Waals surface area contributed by atoms with E-state index in [1.807, 2.05) is 18.2 Å². The average molecular weight is 330 g/mol. The van der Waals surface area contributed by atoms with E-state index < -0.39 is 0 Å². The van der Waals surface area contributed by atoms with Crippen molar-refractivity contribution in [1.82, 2.24) is 10.2 Å². The smallest absolute Gasteiger partial charge is 0.256 e. The molecule has 0 atom stereocenters. The lowest BCUT2D eigenvalue weighted by Gasteiger charge is -2.07. The first-order valence-corrected chi connectivity index (χ1v) is 7.74. The topological polar surface area (TPSA) is 86.9 Å². The lowest BCUT2D eigenvalue weighted by Crippen LogP contribution is -2.11. The van der Waals surface area contributed by atoms with Crippen molar-refractivity contribution in [2.75, 3.05) is 10.6 Å². The highest BCUT2D eigenvalue weighted by Crippen LogP contribution is 2.34. The van der Waals surface area contributed by atoms with Gasteiger partial charge in [-0.25, -0.2) is 0 Å². The standard InChI is InChI=1S/C19H14N4O2/c24-18(12-4-2-1-3-5-12)21-13-6-7-17-15(10-13)16(19(25)22-17)11-14-8-9-20-23-14/h1-11H,(H,20,23)(H,21,24)(H,22,25)/b16-11-. The van der Waals surface area contributed by atoms with Crippen molar-refractivity contribution in [3.63, 3.8) is 0 Å². The molecule has 0 saturated heterocycles. The third kappa shape index (κ3) is 2.92. The highest BCUT2D eigenvalue weighted by atomic mass is 16.2. The van der Waals surface area contributed by atoms with E-state index in [0.717, 1.165) is 11.3 Å². The normalized spacial score (nSPS) is 14.2. The van der Waals surface area contributed by atoms with E-state index in [1.165, 1.54) is 0 Å². The van der Waals surface area contributed by atoms with Crippen LogP contribution in [-0.2, 0) is 4.79 Å². The minimum atomic E-state index is -0.197. The van der Waals surface area contributed by atoms with Gasteiger partial charge in [-0.05, 0) is 42.5 Å². The molecule has 3 N–H and O–H groups in total. The molecule has 2 aromatic carbocycles. The molecule has 0 aliphatic carbocycles. The summed E-state index contributed by atoms with van der Waals surface area (Å²) in [6.07, 6.45) is 3.35. The number of carbonyl (C=O) groups is 2. The number of carbonyl (C=O) groups excluding carboxylic acids is 2. The van der Waals surface area contributed by atoms with Gasteiger partial charge < -0.3 is 10.6 Å². The number of rotatable bonds is 3. The Morgan fingerprint density at radius 1 is 1.08 bits per heavy atom. The fourth-order valence-electron chi connectivity index (χ4n) is 2.70. The molecule has 0 radical (unpaired) electrons. The van der Waals surface area contributed by atoms with Crippen LogP contribution in [0.25, 0.3) is 11.6 Å². The molecule has 0 bridgehead atoms. The van der Waals surface area contributed by atoms with E-state index in [2.05, 4.69) is 20.8 Å². The van der Waals surface area contributed by atoms with Gasteiger partial charge in [-0.1, -0.05) is 18.2 Å². The fraction of sp³-hybridized carbons (Fsp3) is 0. The zero-order valence-electron chi connectivity index (χ0n) is 13.1. The maximum Gasteiger partial charge on any atom is 0.256 e. The monoisotopic (exact) mass is 330 g/mol. The van der Waals surface area contributed by atoms with Crippen LogP contribution >= 0.6 is 0 Å². The molecule has 3 aromatic rings. The maximum atomic E-state index is 12.3. The quantitative estimate of drug-likeness (QED) is 0.645. The molecule has 1 aliphatic heterocycles. The van der Waals surface area contributed by atoms with E-state index in [-0.39, 0.29) is 11.8 Å². The molecule has 2 heterocycles. The maximum absolute atomic E-state index is 12.3. The van der Waals surface area contributed by atoms with Crippen molar-refractivity contribution in [3.05, 3.63) is 77.6 Å². The first-order valence-electron chi connectivity index (χ1n) is 7.74. The summed E-state index contributed by atoms with van der Waals surface area (Å²) >= 11 is 0. The zero-order valence-corrected chi connectivity index (χ0v) is 13.1. The second-order valence-electron chi connectivity index (χ2n) is 5.60. The number of aromatic amines is 1. The lowest BCUT2D eigenvalue weighted by molar-refractivity contribution is -0.110. The largest absolute Gasteiger partial charge is 0.322 e. The summed E-state index contributed by atoms with van der Waals surface area (Å²) in [6.45, 7) is 0. The Morgan fingerprint density at radius 2 is 1.92 bits per heavy atom. The van der Waals surface area contributed by atoms with Crippen LogP contribution in [-0.4, -0.2) is 22.0 Å². The number of hydrogen-bond acceptors (Lipinski definition) is 3. The van der Waals surface area contributed by atoms with Crippen molar-refractivity contribution in [1.29, 1.82) is 0 Å². The van der Waals surface area contributed by atoms with Crippen molar-refractivity contribution < 1.29 is 9.59 Å². The van der Waals surface area contributed by atoms with Crippen molar-refractivity contribution in [2.45, 2.75) is 0 Å². The Bertz CT molecular complexity index is 976. The Balaban J connectivity index is 1.65. The van der Waals surface area contributed by atoms with E-state index in [0.29, 0.717) is 22.5 Å². The number of aromatic nitrogens is 2. The number of anilines is 2. The van der Waals surface area contributed by atoms with Crippen LogP contribution in [0.2, 0.25) is 0 Å². The lowest BCUT2D eigenvalue weighted by atomic mass is 10.0. The van der Waals surface area contributed by atoms with Gasteiger partial charge in [0.1, 0.15) is 0 Å². The Kier molecular flexibility index (Phi) is 3.63. The van der Waals surface area contributed by atoms with Gasteiger partial charge in [0.2, 0.25) is 0 Å². The van der Waals surface area contributed by atoms with E-state index in [9.17, 15) is 9.59 Å². The molecule has 0 spiro atoms. The van der Waals surface area contributed by atoms with Crippen LogP contribution in [0.5, 0.6) is 0 Å². The first-order chi connectivity index (χ1) is 12.2. The fourth-order valence-corrected chi connectivity index (χ4v) is 2.70. The minimum absolute atomic E-state index is 0.184. The van der Waals surface area contributed by atoms with E-state index >= 15 is 0 Å². The number of hydrogen-bond donors (Lipinski definition) is 3. The second-order valence-corrected chi connectivity index (χ2v) is 5.60. The van der Waals surface area contributed by atoms with Crippen LogP contribution in [0.1, 0.15) is 21.6 Å². The predicted molar refractivity (Wildman–Crippen MR) is 95.9 cm³/mol. The summed E-state index contributed by atoms with van der Waals surface area (Å²) in [6, 6.07) is 16.1. The number of nitrogens with zero attached hydrogens (tertiary/aromatic N) is 1. The van der Waals surface area contributed by atoms with Gasteiger partial charge in [-0.3, -0.25) is 14.7 Å². The van der Waals surface area contributed by atoms with Gasteiger partial charge in [0.25, 0.3) is 11.8 Å². The molecule has 1 aromatic heterocycles. The van der Waals surface area contributed by atoms with Crippen LogP contribution in [0.4, 0.5) is 11.4 Å². The molecule has 0 fully saturated rings. The van der Waals surface area contributed by atoms with Crippen LogP contribution in [0.15, 0.2) is 60.8 Å². The Hall–Kier alpha value is -3.67. The molecule has 4 rings (SSSR count). The van der Waals surface area contributed by atoms with Gasteiger partial charge >= 0.3 is 0 Å². The number of fused-ring (bicyclic) bond motifs is 1. The molecule has 2 amide bonds. The molecule has 6 heteroatoms. The average Bonchev–Trinajstić information content (AvgIpc) is 3.25. The molecule has 0 unspecified atom stereocenters. The van der Waals surface area contributed by atoms with E-state index in [1.54, 1.807) is 48.7 Å². The van der Waals surface area contributed by atoms with Crippen LogP contribution in [0, 0.1) is 0 Å². The summed E-state index contributed by atoms with van der Waals surface area (Å²) in [5, 5.41) is 12.4. The molecule has 0 saturated carbocycles. The van der Waals surface area contributed by atoms with Gasteiger partial charge in [-0.2, -0.15) is 5.10 Å². The summed E-state index contributed by atoms with van der Waals surface area (Å²) in [5.74, 6) is -0.381. The third-order valence-corrected chi connectivity index (χ3v) is 3.92. The summed E-state index contributed by atoms with van der Waals surface area (Å²) in [4.78, 5) is 24.5. The van der Waals surface area contributed by atoms with Crippen molar-refractivity contribution in [3.8, 4) is 0 Å². The van der Waals surface area contributed by atoms with Crippen molar-refractivity contribution >= 4 is 34.8 Å². The molecular formula is C19H14N4O2.